The molecule has 0 aromatic heterocycles. The molecule has 0 spiro atoms. The van der Waals surface area contributed by atoms with Gasteiger partial charge in [0.2, 0.25) is 0 Å². The third-order valence-corrected chi connectivity index (χ3v) is 3.04. The molecule has 1 nitrogen and oxygen atoms in total. The molecule has 0 fully saturated rings. The van der Waals surface area contributed by atoms with Crippen molar-refractivity contribution in [2.24, 2.45) is 0 Å². The van der Waals surface area contributed by atoms with Crippen LogP contribution < -0.4 is 0 Å². The fourth-order valence-electron chi connectivity index (χ4n) is 1.21. The molecule has 0 saturated heterocycles. The van der Waals surface area contributed by atoms with Crippen molar-refractivity contribution < 1.29 is 31.4 Å². The van der Waals surface area contributed by atoms with E-state index in [1.165, 1.54) is 0 Å². The summed E-state index contributed by atoms with van der Waals surface area (Å²) in [6.45, 7) is 0. The van der Waals surface area contributed by atoms with Crippen LogP contribution in [0, 0.1) is 0 Å². The van der Waals surface area contributed by atoms with Gasteiger partial charge < -0.3 is 5.11 Å². The van der Waals surface area contributed by atoms with Crippen molar-refractivity contribution in [2.75, 3.05) is 0 Å². The largest absolute Gasteiger partial charge is 0.506 e. The van der Waals surface area contributed by atoms with Crippen LogP contribution in [0.25, 0.3) is 0 Å². The number of hydrogen-bond acceptors (Lipinski definition) is 1. The molecule has 9 heteroatoms. The fourth-order valence-corrected chi connectivity index (χ4v) is 1.68. The summed E-state index contributed by atoms with van der Waals surface area (Å²) < 4.78 is 75.8. The Kier molecular flexibility index (Phi) is 3.97. The highest BCUT2D eigenvalue weighted by Gasteiger charge is 2.64. The van der Waals surface area contributed by atoms with Crippen molar-refractivity contribution in [3.63, 3.8) is 0 Å². The van der Waals surface area contributed by atoms with Gasteiger partial charge in [0.05, 0.1) is 5.02 Å². The molecule has 0 heterocycles. The molecule has 1 rings (SSSR count). The monoisotopic (exact) mass is 312 g/mol. The lowest BCUT2D eigenvalue weighted by Crippen LogP contribution is -2.44. The summed E-state index contributed by atoms with van der Waals surface area (Å²) >= 11 is 10.6. The van der Waals surface area contributed by atoms with Gasteiger partial charge in [0, 0.05) is 5.56 Å². The fraction of sp³-hybridized carbons (Fsp3) is 0.333. The second-order valence-corrected chi connectivity index (χ2v) is 4.03. The maximum Gasteiger partial charge on any atom is 0.432 e. The summed E-state index contributed by atoms with van der Waals surface area (Å²) in [4.78, 5) is 0. The Labute approximate surface area is 107 Å². The van der Waals surface area contributed by atoms with Crippen molar-refractivity contribution in [2.45, 2.75) is 18.3 Å². The van der Waals surface area contributed by atoms with Gasteiger partial charge in [-0.2, -0.15) is 13.2 Å². The number of halogens is 8. The predicted molar refractivity (Wildman–Crippen MR) is 53.0 cm³/mol. The summed E-state index contributed by atoms with van der Waals surface area (Å²) in [5.41, 5.74) is -6.50. The Balaban J connectivity index is 3.56. The van der Waals surface area contributed by atoms with Crippen LogP contribution in [0.15, 0.2) is 12.1 Å². The first kappa shape index (κ1) is 15.2. The number of phenolic OH excluding ortho intramolecular Hbond substituents is 1. The molecule has 0 aliphatic rings. The quantitative estimate of drug-likeness (QED) is 0.785. The zero-order chi connectivity index (χ0) is 14.3. The van der Waals surface area contributed by atoms with E-state index in [-0.39, 0.29) is 0 Å². The number of alkyl halides is 6. The lowest BCUT2D eigenvalue weighted by atomic mass is 9.95. The minimum Gasteiger partial charge on any atom is -0.506 e. The van der Waals surface area contributed by atoms with Gasteiger partial charge in [0.1, 0.15) is 10.8 Å². The molecule has 102 valence electrons. The van der Waals surface area contributed by atoms with Gasteiger partial charge in [0.25, 0.3) is 12.1 Å². The Morgan fingerprint density at radius 2 is 1.50 bits per heavy atom. The molecule has 1 atom stereocenters. The van der Waals surface area contributed by atoms with E-state index in [9.17, 15) is 26.3 Å². The van der Waals surface area contributed by atoms with Gasteiger partial charge in [-0.3, -0.25) is 0 Å². The maximum absolute atomic E-state index is 13.6. The van der Waals surface area contributed by atoms with Gasteiger partial charge in [-0.1, -0.05) is 23.2 Å². The standard InChI is InChI=1S/C9H4Cl2F6O/c10-5-3(1-2-4(18)6(5)11)8(14,7(12)13)9(15,16)17/h1-2,7,18H. The van der Waals surface area contributed by atoms with E-state index >= 15 is 0 Å². The van der Waals surface area contributed by atoms with E-state index in [1.54, 1.807) is 0 Å². The second kappa shape index (κ2) is 4.70. The van der Waals surface area contributed by atoms with Crippen LogP contribution in [0.3, 0.4) is 0 Å². The average Bonchev–Trinajstić information content (AvgIpc) is 2.23. The molecule has 0 bridgehead atoms. The zero-order valence-electron chi connectivity index (χ0n) is 8.20. The van der Waals surface area contributed by atoms with Crippen molar-refractivity contribution in [1.82, 2.24) is 0 Å². The van der Waals surface area contributed by atoms with Crippen molar-refractivity contribution in [1.29, 1.82) is 0 Å². The van der Waals surface area contributed by atoms with Crippen LogP contribution in [0.4, 0.5) is 26.3 Å². The van der Waals surface area contributed by atoms with E-state index in [0.717, 1.165) is 0 Å². The number of phenols is 1. The van der Waals surface area contributed by atoms with Gasteiger partial charge >= 0.3 is 6.18 Å². The molecule has 1 aromatic carbocycles. The lowest BCUT2D eigenvalue weighted by Gasteiger charge is -2.28. The molecule has 0 aliphatic heterocycles. The Hall–Kier alpha value is -0.820. The van der Waals surface area contributed by atoms with E-state index in [4.69, 9.17) is 28.3 Å². The molecule has 0 saturated carbocycles. The van der Waals surface area contributed by atoms with Crippen molar-refractivity contribution in [3.8, 4) is 5.75 Å². The van der Waals surface area contributed by atoms with Gasteiger partial charge in [-0.05, 0) is 12.1 Å². The van der Waals surface area contributed by atoms with E-state index in [0.29, 0.717) is 12.1 Å². The van der Waals surface area contributed by atoms with Gasteiger partial charge in [0.15, 0.2) is 0 Å². The highest BCUT2D eigenvalue weighted by atomic mass is 35.5. The summed E-state index contributed by atoms with van der Waals surface area (Å²) in [5.74, 6) is -0.746. The van der Waals surface area contributed by atoms with Crippen LogP contribution in [0.5, 0.6) is 5.75 Å². The van der Waals surface area contributed by atoms with E-state index in [2.05, 4.69) is 0 Å². The molecule has 1 N–H and O–H groups in total. The average molecular weight is 313 g/mol. The second-order valence-electron chi connectivity index (χ2n) is 3.27. The smallest absolute Gasteiger partial charge is 0.432 e. The first-order valence-electron chi connectivity index (χ1n) is 4.24. The van der Waals surface area contributed by atoms with Crippen LogP contribution in [0.1, 0.15) is 5.56 Å². The van der Waals surface area contributed by atoms with E-state index in [1.807, 2.05) is 0 Å². The van der Waals surface area contributed by atoms with Crippen LogP contribution in [0.2, 0.25) is 10.0 Å². The topological polar surface area (TPSA) is 20.2 Å². The van der Waals surface area contributed by atoms with Gasteiger partial charge in [-0.15, -0.1) is 0 Å². The Morgan fingerprint density at radius 1 is 1.00 bits per heavy atom. The first-order chi connectivity index (χ1) is 8.03. The number of aromatic hydroxyl groups is 1. The molecular weight excluding hydrogens is 309 g/mol. The summed E-state index contributed by atoms with van der Waals surface area (Å²) in [6.07, 6.45) is -10.3. The predicted octanol–water partition coefficient (Wildman–Crippen LogP) is 4.69. The summed E-state index contributed by atoms with van der Waals surface area (Å²) in [7, 11) is 0. The molecule has 0 aliphatic carbocycles. The minimum absolute atomic E-state index is 0.309. The van der Waals surface area contributed by atoms with Crippen LogP contribution >= 0.6 is 23.2 Å². The highest BCUT2D eigenvalue weighted by Crippen LogP contribution is 2.51. The third-order valence-electron chi connectivity index (χ3n) is 2.17. The Morgan fingerprint density at radius 3 is 1.89 bits per heavy atom. The molecule has 1 aromatic rings. The summed E-state index contributed by atoms with van der Waals surface area (Å²) in [6, 6.07) is 0.856. The maximum atomic E-state index is 13.6. The lowest BCUT2D eigenvalue weighted by molar-refractivity contribution is -0.274. The molecule has 0 radical (unpaired) electrons. The van der Waals surface area contributed by atoms with E-state index < -0.39 is 39.6 Å². The summed E-state index contributed by atoms with van der Waals surface area (Å²) in [5, 5.41) is 7.08. The number of benzene rings is 1. The molecule has 18 heavy (non-hydrogen) atoms. The normalized spacial score (nSPS) is 15.8. The zero-order valence-corrected chi connectivity index (χ0v) is 9.71. The van der Waals surface area contributed by atoms with Crippen molar-refractivity contribution in [3.05, 3.63) is 27.7 Å². The molecular formula is C9H4Cl2F6O. The first-order valence-corrected chi connectivity index (χ1v) is 5.00. The van der Waals surface area contributed by atoms with Crippen LogP contribution in [-0.2, 0) is 5.67 Å². The van der Waals surface area contributed by atoms with Crippen LogP contribution in [-0.4, -0.2) is 17.7 Å². The van der Waals surface area contributed by atoms with Crippen molar-refractivity contribution >= 4 is 23.2 Å². The highest BCUT2D eigenvalue weighted by molar-refractivity contribution is 6.43. The minimum atomic E-state index is -5.88. The molecule has 1 unspecified atom stereocenters. The third kappa shape index (κ3) is 2.21. The number of hydrogen-bond donors (Lipinski definition) is 1. The van der Waals surface area contributed by atoms with Gasteiger partial charge in [-0.25, -0.2) is 13.2 Å². The number of rotatable bonds is 2. The molecule has 0 amide bonds. The Bertz CT molecular complexity index is 461. The SMILES string of the molecule is Oc1ccc(C(F)(C(F)F)C(F)(F)F)c(Cl)c1Cl.